The fraction of sp³-hybridized carbons (Fsp3) is 0.200. The Hall–Kier alpha value is -1.84. The standard InChI is InChI=1S/C10H13N3O/c1-8(12-10(14)13-11-2)9-6-4-3-5-7-9/h3-8H,2H2,1H3,(H2,12,13,14)/t8-/m1/s1. The van der Waals surface area contributed by atoms with Crippen molar-refractivity contribution in [1.29, 1.82) is 0 Å². The molecule has 0 bridgehead atoms. The van der Waals surface area contributed by atoms with Gasteiger partial charge in [0.1, 0.15) is 0 Å². The van der Waals surface area contributed by atoms with Crippen LogP contribution in [0.4, 0.5) is 4.79 Å². The maximum Gasteiger partial charge on any atom is 0.335 e. The molecule has 1 rings (SSSR count). The molecule has 0 heterocycles. The molecule has 4 heteroatoms. The number of carbonyl (C=O) groups is 1. The van der Waals surface area contributed by atoms with Gasteiger partial charge in [-0.15, -0.1) is 0 Å². The second-order valence-electron chi connectivity index (χ2n) is 2.88. The van der Waals surface area contributed by atoms with Crippen molar-refractivity contribution in [2.24, 2.45) is 5.10 Å². The summed E-state index contributed by atoms with van der Waals surface area (Å²) >= 11 is 0. The number of hydrogen-bond donors (Lipinski definition) is 2. The highest BCUT2D eigenvalue weighted by Crippen LogP contribution is 2.10. The van der Waals surface area contributed by atoms with Crippen LogP contribution in [-0.2, 0) is 0 Å². The van der Waals surface area contributed by atoms with E-state index in [1.165, 1.54) is 0 Å². The first-order valence-corrected chi connectivity index (χ1v) is 4.31. The molecule has 1 aromatic rings. The van der Waals surface area contributed by atoms with Gasteiger partial charge in [0.05, 0.1) is 6.04 Å². The van der Waals surface area contributed by atoms with Gasteiger partial charge in [0.15, 0.2) is 0 Å². The quantitative estimate of drug-likeness (QED) is 0.554. The molecule has 2 amide bonds. The zero-order valence-corrected chi connectivity index (χ0v) is 8.03. The highest BCUT2D eigenvalue weighted by Gasteiger charge is 2.07. The Kier molecular flexibility index (Phi) is 3.67. The van der Waals surface area contributed by atoms with Crippen molar-refractivity contribution in [3.63, 3.8) is 0 Å². The normalized spacial score (nSPS) is 11.5. The number of urea groups is 1. The highest BCUT2D eigenvalue weighted by atomic mass is 16.2. The average molecular weight is 191 g/mol. The van der Waals surface area contributed by atoms with E-state index < -0.39 is 0 Å². The molecule has 1 aromatic carbocycles. The third-order valence-electron chi connectivity index (χ3n) is 1.83. The minimum Gasteiger partial charge on any atom is -0.330 e. The van der Waals surface area contributed by atoms with Gasteiger partial charge >= 0.3 is 6.03 Å². The molecular weight excluding hydrogens is 178 g/mol. The van der Waals surface area contributed by atoms with Gasteiger partial charge < -0.3 is 5.32 Å². The first-order valence-electron chi connectivity index (χ1n) is 4.31. The molecular formula is C10H13N3O. The SMILES string of the molecule is C=NNC(=O)N[C@H](C)c1ccccc1. The second-order valence-corrected chi connectivity index (χ2v) is 2.88. The van der Waals surface area contributed by atoms with Crippen molar-refractivity contribution in [2.75, 3.05) is 0 Å². The molecule has 4 nitrogen and oxygen atoms in total. The van der Waals surface area contributed by atoms with Gasteiger partial charge in [-0.2, -0.15) is 5.10 Å². The lowest BCUT2D eigenvalue weighted by Crippen LogP contribution is -2.33. The minimum atomic E-state index is -0.351. The van der Waals surface area contributed by atoms with E-state index in [0.717, 1.165) is 5.56 Å². The molecule has 0 aliphatic rings. The lowest BCUT2D eigenvalue weighted by Gasteiger charge is -2.13. The smallest absolute Gasteiger partial charge is 0.330 e. The Balaban J connectivity index is 2.54. The van der Waals surface area contributed by atoms with Crippen molar-refractivity contribution in [3.05, 3.63) is 35.9 Å². The molecule has 0 fully saturated rings. The maximum absolute atomic E-state index is 11.1. The van der Waals surface area contributed by atoms with Crippen LogP contribution >= 0.6 is 0 Å². The predicted molar refractivity (Wildman–Crippen MR) is 56.1 cm³/mol. The van der Waals surface area contributed by atoms with E-state index >= 15 is 0 Å². The Morgan fingerprint density at radius 3 is 2.64 bits per heavy atom. The number of rotatable bonds is 3. The predicted octanol–water partition coefficient (Wildman–Crippen LogP) is 1.66. The second kappa shape index (κ2) is 5.01. The summed E-state index contributed by atoms with van der Waals surface area (Å²) in [6.45, 7) is 5.06. The summed E-state index contributed by atoms with van der Waals surface area (Å²) < 4.78 is 0. The zero-order chi connectivity index (χ0) is 10.4. The van der Waals surface area contributed by atoms with Crippen molar-refractivity contribution < 1.29 is 4.79 Å². The molecule has 74 valence electrons. The molecule has 0 spiro atoms. The molecule has 2 N–H and O–H groups in total. The fourth-order valence-electron chi connectivity index (χ4n) is 1.13. The van der Waals surface area contributed by atoms with Crippen LogP contribution in [0.5, 0.6) is 0 Å². The van der Waals surface area contributed by atoms with Crippen LogP contribution in [-0.4, -0.2) is 12.7 Å². The minimum absolute atomic E-state index is 0.0436. The van der Waals surface area contributed by atoms with Gasteiger partial charge in [-0.3, -0.25) is 0 Å². The highest BCUT2D eigenvalue weighted by molar-refractivity contribution is 5.74. The van der Waals surface area contributed by atoms with Crippen LogP contribution in [0.15, 0.2) is 35.4 Å². The molecule has 0 aliphatic heterocycles. The third-order valence-corrected chi connectivity index (χ3v) is 1.83. The summed E-state index contributed by atoms with van der Waals surface area (Å²) in [6, 6.07) is 9.29. The van der Waals surface area contributed by atoms with Crippen LogP contribution in [0.2, 0.25) is 0 Å². The van der Waals surface area contributed by atoms with Crippen LogP contribution in [0, 0.1) is 0 Å². The number of carbonyl (C=O) groups excluding carboxylic acids is 1. The van der Waals surface area contributed by atoms with Crippen molar-refractivity contribution in [3.8, 4) is 0 Å². The van der Waals surface area contributed by atoms with Gasteiger partial charge in [-0.1, -0.05) is 30.3 Å². The molecule has 1 atom stereocenters. The van der Waals surface area contributed by atoms with Gasteiger partial charge in [-0.25, -0.2) is 10.2 Å². The molecule has 0 radical (unpaired) electrons. The Bertz CT molecular complexity index is 310. The average Bonchev–Trinajstić information content (AvgIpc) is 2.19. The lowest BCUT2D eigenvalue weighted by molar-refractivity contribution is 0.238. The third kappa shape index (κ3) is 2.90. The summed E-state index contributed by atoms with van der Waals surface area (Å²) in [6.07, 6.45) is 0. The number of nitrogens with zero attached hydrogens (tertiary/aromatic N) is 1. The molecule has 0 aromatic heterocycles. The van der Waals surface area contributed by atoms with E-state index in [9.17, 15) is 4.79 Å². The monoisotopic (exact) mass is 191 g/mol. The number of hydrazone groups is 1. The maximum atomic E-state index is 11.1. The van der Waals surface area contributed by atoms with E-state index in [2.05, 4.69) is 22.6 Å². The molecule has 0 aliphatic carbocycles. The number of nitrogens with one attached hydrogen (secondary N) is 2. The van der Waals surface area contributed by atoms with E-state index in [4.69, 9.17) is 0 Å². The number of hydrogen-bond acceptors (Lipinski definition) is 2. The summed E-state index contributed by atoms with van der Waals surface area (Å²) in [5.74, 6) is 0. The van der Waals surface area contributed by atoms with E-state index in [0.29, 0.717) is 0 Å². The van der Waals surface area contributed by atoms with Crippen molar-refractivity contribution in [2.45, 2.75) is 13.0 Å². The molecule has 14 heavy (non-hydrogen) atoms. The topological polar surface area (TPSA) is 53.5 Å². The van der Waals surface area contributed by atoms with Crippen LogP contribution in [0.3, 0.4) is 0 Å². The van der Waals surface area contributed by atoms with Gasteiger partial charge in [-0.05, 0) is 12.5 Å². The zero-order valence-electron chi connectivity index (χ0n) is 8.03. The van der Waals surface area contributed by atoms with Crippen LogP contribution in [0.1, 0.15) is 18.5 Å². The first-order chi connectivity index (χ1) is 6.74. The van der Waals surface area contributed by atoms with E-state index in [-0.39, 0.29) is 12.1 Å². The number of benzene rings is 1. The van der Waals surface area contributed by atoms with Gasteiger partial charge in [0.2, 0.25) is 0 Å². The Labute approximate surface area is 83.0 Å². The van der Waals surface area contributed by atoms with Crippen molar-refractivity contribution in [1.82, 2.24) is 10.7 Å². The number of amides is 2. The van der Waals surface area contributed by atoms with E-state index in [1.54, 1.807) is 0 Å². The summed E-state index contributed by atoms with van der Waals surface area (Å²) in [4.78, 5) is 11.1. The lowest BCUT2D eigenvalue weighted by atomic mass is 10.1. The molecule has 0 unspecified atom stereocenters. The van der Waals surface area contributed by atoms with Gasteiger partial charge in [0, 0.05) is 6.72 Å². The van der Waals surface area contributed by atoms with Crippen LogP contribution < -0.4 is 10.7 Å². The van der Waals surface area contributed by atoms with Crippen molar-refractivity contribution >= 4 is 12.7 Å². The Morgan fingerprint density at radius 2 is 2.07 bits per heavy atom. The first kappa shape index (κ1) is 10.2. The van der Waals surface area contributed by atoms with Crippen LogP contribution in [0.25, 0.3) is 0 Å². The summed E-state index contributed by atoms with van der Waals surface area (Å²) in [7, 11) is 0. The largest absolute Gasteiger partial charge is 0.335 e. The molecule has 0 saturated heterocycles. The fourth-order valence-corrected chi connectivity index (χ4v) is 1.13. The molecule has 0 saturated carbocycles. The Morgan fingerprint density at radius 1 is 1.43 bits per heavy atom. The summed E-state index contributed by atoms with van der Waals surface area (Å²) in [5.41, 5.74) is 3.26. The summed E-state index contributed by atoms with van der Waals surface area (Å²) in [5, 5.41) is 5.98. The van der Waals surface area contributed by atoms with E-state index in [1.807, 2.05) is 37.3 Å². The van der Waals surface area contributed by atoms with Gasteiger partial charge in [0.25, 0.3) is 0 Å².